The van der Waals surface area contributed by atoms with Gasteiger partial charge < -0.3 is 5.11 Å². The van der Waals surface area contributed by atoms with Gasteiger partial charge in [-0.3, -0.25) is 0 Å². The Labute approximate surface area is 38.0 Å². The van der Waals surface area contributed by atoms with E-state index in [4.69, 9.17) is 11.5 Å². The van der Waals surface area contributed by atoms with Crippen LogP contribution in [0.1, 0.15) is 13.3 Å². The van der Waals surface area contributed by atoms with E-state index in [1.165, 1.54) is 0 Å². The first-order chi connectivity index (χ1) is 2.77. The highest BCUT2D eigenvalue weighted by Crippen LogP contribution is 1.82. The molecular weight excluding hydrogens is 76.1 g/mol. The summed E-state index contributed by atoms with van der Waals surface area (Å²) < 4.78 is 0. The van der Waals surface area contributed by atoms with E-state index in [1.54, 1.807) is 6.92 Å². The van der Waals surface area contributed by atoms with Crippen LogP contribution < -0.4 is 0 Å². The lowest BCUT2D eigenvalue weighted by Gasteiger charge is -1.90. The molecular formula is C5H8O. The number of hydrogen-bond acceptors (Lipinski definition) is 1. The van der Waals surface area contributed by atoms with Gasteiger partial charge >= 0.3 is 0 Å². The summed E-state index contributed by atoms with van der Waals surface area (Å²) in [4.78, 5) is 0. The van der Waals surface area contributed by atoms with Crippen LogP contribution >= 0.6 is 0 Å². The third-order valence-electron chi connectivity index (χ3n) is 0.413. The molecule has 1 N–H and O–H groups in total. The van der Waals surface area contributed by atoms with Crippen molar-refractivity contribution in [2.45, 2.75) is 19.4 Å². The highest BCUT2D eigenvalue weighted by atomic mass is 16.3. The van der Waals surface area contributed by atoms with Crippen LogP contribution in [0.5, 0.6) is 0 Å². The minimum atomic E-state index is -0.338. The maximum atomic E-state index is 8.41. The number of rotatable bonds is 1. The standard InChI is InChI=1S/C5H8O/c1-3-4-5(2)6/h1,5-6H,4H2,2H3/t5-/m0/s1. The van der Waals surface area contributed by atoms with Crippen LogP contribution in [0.15, 0.2) is 0 Å². The van der Waals surface area contributed by atoms with E-state index >= 15 is 0 Å². The smallest absolute Gasteiger partial charge is 0.0621 e. The van der Waals surface area contributed by atoms with Crippen LogP contribution in [0.3, 0.4) is 0 Å². The molecule has 0 aliphatic carbocycles. The highest BCUT2D eigenvalue weighted by Gasteiger charge is 1.85. The Morgan fingerprint density at radius 3 is 2.50 bits per heavy atom. The van der Waals surface area contributed by atoms with Gasteiger partial charge in [0.25, 0.3) is 0 Å². The monoisotopic (exact) mass is 84.1 g/mol. The molecule has 34 valence electrons. The largest absolute Gasteiger partial charge is 0.392 e. The van der Waals surface area contributed by atoms with Crippen molar-refractivity contribution < 1.29 is 5.11 Å². The molecule has 1 heteroatoms. The second kappa shape index (κ2) is 2.74. The fourth-order valence-electron chi connectivity index (χ4n) is 0.171. The number of aliphatic hydroxyl groups excluding tert-OH is 1. The van der Waals surface area contributed by atoms with E-state index in [9.17, 15) is 0 Å². The van der Waals surface area contributed by atoms with Gasteiger partial charge in [-0.2, -0.15) is 0 Å². The van der Waals surface area contributed by atoms with E-state index in [-0.39, 0.29) is 6.10 Å². The molecule has 0 aliphatic rings. The summed E-state index contributed by atoms with van der Waals surface area (Å²) in [7, 11) is 0. The molecule has 0 rings (SSSR count). The third-order valence-corrected chi connectivity index (χ3v) is 0.413. The van der Waals surface area contributed by atoms with Crippen molar-refractivity contribution in [3.8, 4) is 12.3 Å². The van der Waals surface area contributed by atoms with Crippen molar-refractivity contribution in [1.82, 2.24) is 0 Å². The lowest BCUT2D eigenvalue weighted by Crippen LogP contribution is -1.94. The molecule has 0 saturated carbocycles. The van der Waals surface area contributed by atoms with E-state index in [0.29, 0.717) is 6.42 Å². The molecule has 0 radical (unpaired) electrons. The van der Waals surface area contributed by atoms with Gasteiger partial charge in [-0.15, -0.1) is 12.3 Å². The summed E-state index contributed by atoms with van der Waals surface area (Å²) in [6.07, 6.45) is 4.94. The highest BCUT2D eigenvalue weighted by molar-refractivity contribution is 4.85. The molecule has 6 heavy (non-hydrogen) atoms. The quantitative estimate of drug-likeness (QED) is 0.456. The fourth-order valence-corrected chi connectivity index (χ4v) is 0.171. The second-order valence-corrected chi connectivity index (χ2v) is 1.26. The summed E-state index contributed by atoms with van der Waals surface area (Å²) in [5.74, 6) is 2.32. The van der Waals surface area contributed by atoms with Gasteiger partial charge in [-0.05, 0) is 6.92 Å². The summed E-state index contributed by atoms with van der Waals surface area (Å²) in [6, 6.07) is 0. The number of hydrogen-bond donors (Lipinski definition) is 1. The van der Waals surface area contributed by atoms with Crippen LogP contribution in [0, 0.1) is 12.3 Å². The average molecular weight is 84.1 g/mol. The van der Waals surface area contributed by atoms with E-state index in [2.05, 4.69) is 5.92 Å². The van der Waals surface area contributed by atoms with Crippen LogP contribution in [-0.2, 0) is 0 Å². The Hall–Kier alpha value is -0.480. The van der Waals surface area contributed by atoms with Crippen LogP contribution in [0.25, 0.3) is 0 Å². The van der Waals surface area contributed by atoms with Gasteiger partial charge in [0.15, 0.2) is 0 Å². The number of aliphatic hydroxyl groups is 1. The van der Waals surface area contributed by atoms with E-state index < -0.39 is 0 Å². The second-order valence-electron chi connectivity index (χ2n) is 1.26. The molecule has 0 bridgehead atoms. The molecule has 0 aromatic rings. The number of terminal acetylenes is 1. The molecule has 1 atom stereocenters. The average Bonchev–Trinajstić information content (AvgIpc) is 1.35. The normalized spacial score (nSPS) is 12.8. The Balaban J connectivity index is 2.88. The van der Waals surface area contributed by atoms with Crippen LogP contribution in [0.2, 0.25) is 0 Å². The Bertz CT molecular complexity index is 58.8. The van der Waals surface area contributed by atoms with Gasteiger partial charge in [-0.1, -0.05) is 0 Å². The summed E-state index contributed by atoms with van der Waals surface area (Å²) in [6.45, 7) is 1.67. The zero-order valence-electron chi connectivity index (χ0n) is 3.81. The zero-order chi connectivity index (χ0) is 4.99. The minimum Gasteiger partial charge on any atom is -0.392 e. The molecule has 0 aliphatic heterocycles. The van der Waals surface area contributed by atoms with Crippen molar-refractivity contribution in [2.24, 2.45) is 0 Å². The molecule has 0 heterocycles. The van der Waals surface area contributed by atoms with Gasteiger partial charge in [0.2, 0.25) is 0 Å². The third kappa shape index (κ3) is 3.52. The molecule has 0 aromatic carbocycles. The fraction of sp³-hybridized carbons (Fsp3) is 0.600. The van der Waals surface area contributed by atoms with E-state index in [1.807, 2.05) is 0 Å². The van der Waals surface area contributed by atoms with Gasteiger partial charge in [0.05, 0.1) is 6.10 Å². The van der Waals surface area contributed by atoms with Crippen LogP contribution in [0.4, 0.5) is 0 Å². The molecule has 0 spiro atoms. The van der Waals surface area contributed by atoms with Gasteiger partial charge in [-0.25, -0.2) is 0 Å². The first-order valence-corrected chi connectivity index (χ1v) is 1.89. The molecule has 0 saturated heterocycles. The topological polar surface area (TPSA) is 20.2 Å². The molecule has 1 nitrogen and oxygen atoms in total. The predicted octanol–water partition coefficient (Wildman–Crippen LogP) is 0.391. The first kappa shape index (κ1) is 5.52. The zero-order valence-corrected chi connectivity index (χ0v) is 3.81. The van der Waals surface area contributed by atoms with Gasteiger partial charge in [0.1, 0.15) is 0 Å². The Morgan fingerprint density at radius 2 is 2.50 bits per heavy atom. The first-order valence-electron chi connectivity index (χ1n) is 1.89. The molecule has 0 amide bonds. The molecule has 0 aromatic heterocycles. The van der Waals surface area contributed by atoms with Gasteiger partial charge in [0, 0.05) is 6.42 Å². The maximum absolute atomic E-state index is 8.41. The molecule has 0 fully saturated rings. The maximum Gasteiger partial charge on any atom is 0.0621 e. The summed E-state index contributed by atoms with van der Waals surface area (Å²) in [5.41, 5.74) is 0. The summed E-state index contributed by atoms with van der Waals surface area (Å²) in [5, 5.41) is 8.41. The van der Waals surface area contributed by atoms with Crippen molar-refractivity contribution in [1.29, 1.82) is 0 Å². The lowest BCUT2D eigenvalue weighted by molar-refractivity contribution is 0.201. The van der Waals surface area contributed by atoms with Crippen molar-refractivity contribution in [2.75, 3.05) is 0 Å². The van der Waals surface area contributed by atoms with Crippen LogP contribution in [-0.4, -0.2) is 11.2 Å². The van der Waals surface area contributed by atoms with Crippen molar-refractivity contribution in [3.63, 3.8) is 0 Å². The Kier molecular flexibility index (Phi) is 2.52. The SMILES string of the molecule is C#CC[C@H](C)O. The lowest BCUT2D eigenvalue weighted by atomic mass is 10.3. The Morgan fingerprint density at radius 1 is 2.00 bits per heavy atom. The predicted molar refractivity (Wildman–Crippen MR) is 25.1 cm³/mol. The van der Waals surface area contributed by atoms with Crippen molar-refractivity contribution >= 4 is 0 Å². The van der Waals surface area contributed by atoms with E-state index in [0.717, 1.165) is 0 Å². The summed E-state index contributed by atoms with van der Waals surface area (Å²) >= 11 is 0. The van der Waals surface area contributed by atoms with Crippen molar-refractivity contribution in [3.05, 3.63) is 0 Å². The molecule has 0 unspecified atom stereocenters. The minimum absolute atomic E-state index is 0.338.